The molecule has 2 aromatic rings. The summed E-state index contributed by atoms with van der Waals surface area (Å²) in [6, 6.07) is 9.91. The number of rotatable bonds is 1. The molecule has 5 heteroatoms. The topological polar surface area (TPSA) is 48.9 Å². The van der Waals surface area contributed by atoms with Crippen molar-refractivity contribution < 1.29 is 0 Å². The van der Waals surface area contributed by atoms with Gasteiger partial charge in [-0.1, -0.05) is 30.4 Å². The molecule has 124 valence electrons. The van der Waals surface area contributed by atoms with Crippen LogP contribution < -0.4 is 11.4 Å². The molecule has 7 aliphatic rings. The van der Waals surface area contributed by atoms with Crippen LogP contribution >= 0.6 is 0 Å². The van der Waals surface area contributed by atoms with E-state index >= 15 is 0 Å². The minimum atomic E-state index is -0.129. The molecule has 5 aliphatic carbocycles. The fraction of sp³-hybridized carbons (Fsp3) is 0.500. The lowest BCUT2D eigenvalue weighted by Gasteiger charge is -3.01. The van der Waals surface area contributed by atoms with E-state index < -0.39 is 0 Å². The van der Waals surface area contributed by atoms with Gasteiger partial charge in [-0.2, -0.15) is 0 Å². The Balaban J connectivity index is 1.47. The van der Waals surface area contributed by atoms with E-state index in [2.05, 4.69) is 12.2 Å². The number of aromatic nitrogens is 3. The molecule has 5 nitrogen and oxygen atoms in total. The van der Waals surface area contributed by atoms with E-state index in [0.717, 1.165) is 24.7 Å². The van der Waals surface area contributed by atoms with E-state index in [0.29, 0.717) is 17.5 Å². The molecule has 1 aromatic carbocycles. The second-order valence-corrected chi connectivity index (χ2v) is 8.98. The molecule has 0 saturated heterocycles. The largest absolute Gasteiger partial charge is 0.352 e. The van der Waals surface area contributed by atoms with Crippen LogP contribution in [0.2, 0.25) is 0 Å². The van der Waals surface area contributed by atoms with E-state index in [1.165, 1.54) is 4.57 Å². The van der Waals surface area contributed by atoms with Crippen molar-refractivity contribution >= 4 is 0 Å². The van der Waals surface area contributed by atoms with Crippen LogP contribution in [0, 0.1) is 34.5 Å². The maximum Gasteiger partial charge on any atom is 0.352 e. The lowest BCUT2D eigenvalue weighted by Crippen LogP contribution is -3.00. The summed E-state index contributed by atoms with van der Waals surface area (Å²) in [6.07, 6.45) is 6.88. The number of para-hydroxylation sites is 1. The highest BCUT2D eigenvalue weighted by atomic mass is 16.2. The molecule has 0 radical (unpaired) electrons. The monoisotopic (exact) mass is 331 g/mol. The fourth-order valence-corrected chi connectivity index (χ4v) is 8.86. The third kappa shape index (κ3) is 0.783. The Hall–Kier alpha value is -2.30. The van der Waals surface area contributed by atoms with Crippen LogP contribution in [0.1, 0.15) is 24.9 Å². The van der Waals surface area contributed by atoms with Crippen LogP contribution in [0.3, 0.4) is 0 Å². The first-order valence-corrected chi connectivity index (χ1v) is 9.42. The van der Waals surface area contributed by atoms with E-state index in [1.54, 1.807) is 0 Å². The van der Waals surface area contributed by atoms with Crippen LogP contribution in [-0.4, -0.2) is 13.9 Å². The summed E-state index contributed by atoms with van der Waals surface area (Å²) in [4.78, 5) is 26.6. The summed E-state index contributed by atoms with van der Waals surface area (Å²) < 4.78 is 5.16. The quantitative estimate of drug-likeness (QED) is 0.748. The van der Waals surface area contributed by atoms with Crippen LogP contribution in [0.4, 0.5) is 0 Å². The van der Waals surface area contributed by atoms with Gasteiger partial charge < -0.3 is 0 Å². The third-order valence-electron chi connectivity index (χ3n) is 9.13. The fourth-order valence-electron chi connectivity index (χ4n) is 8.86. The van der Waals surface area contributed by atoms with Crippen LogP contribution in [0.5, 0.6) is 0 Å². The SMILES string of the molecule is O=c1n(-c2ccccc2)c(=O)n2n1[C@H]1[C@@H]3[C@H]4[C@H]5[C@@H]3[C@@]13CC=CC[C@]53[C@@H]42. The van der Waals surface area contributed by atoms with Gasteiger partial charge >= 0.3 is 11.4 Å². The van der Waals surface area contributed by atoms with Gasteiger partial charge in [-0.05, 0) is 48.6 Å². The highest BCUT2D eigenvalue weighted by Gasteiger charge is 3.02. The van der Waals surface area contributed by atoms with Crippen molar-refractivity contribution in [3.8, 4) is 5.69 Å². The van der Waals surface area contributed by atoms with Gasteiger partial charge in [-0.3, -0.25) is 0 Å². The van der Waals surface area contributed by atoms with Crippen molar-refractivity contribution in [2.24, 2.45) is 34.5 Å². The minimum Gasteiger partial charge on any atom is -0.245 e. The predicted molar refractivity (Wildman–Crippen MR) is 89.6 cm³/mol. The Morgan fingerprint density at radius 2 is 1.32 bits per heavy atom. The van der Waals surface area contributed by atoms with Crippen molar-refractivity contribution in [3.05, 3.63) is 63.5 Å². The van der Waals surface area contributed by atoms with Crippen LogP contribution in [0.25, 0.3) is 5.69 Å². The zero-order valence-corrected chi connectivity index (χ0v) is 13.6. The number of nitrogens with zero attached hydrogens (tertiary/aromatic N) is 3. The average Bonchev–Trinajstić information content (AvgIpc) is 2.86. The van der Waals surface area contributed by atoms with Crippen molar-refractivity contribution in [1.29, 1.82) is 0 Å². The number of hydrogen-bond donors (Lipinski definition) is 0. The van der Waals surface area contributed by atoms with Gasteiger partial charge in [0.2, 0.25) is 0 Å². The van der Waals surface area contributed by atoms with Gasteiger partial charge in [0.1, 0.15) is 0 Å². The smallest absolute Gasteiger partial charge is 0.245 e. The first-order chi connectivity index (χ1) is 12.2. The molecule has 0 N–H and O–H groups in total. The third-order valence-corrected chi connectivity index (χ3v) is 9.13. The molecule has 3 heterocycles. The average molecular weight is 331 g/mol. The molecule has 0 unspecified atom stereocenters. The standard InChI is InChI=1S/C20H17N3O2/c24-17-21(10-6-2-1-3-7-10)18(25)23-16-12-11-13-14(12)20(16)9-5-4-8-19(13,20)15(11)22(17)23/h1-7,11-16H,8-9H2/t11-,12+,13-,14+,15+,16-,19+,20-. The lowest BCUT2D eigenvalue weighted by molar-refractivity contribution is -0.551. The van der Waals surface area contributed by atoms with Crippen LogP contribution in [0.15, 0.2) is 52.1 Å². The highest BCUT2D eigenvalue weighted by Crippen LogP contribution is 3.03. The van der Waals surface area contributed by atoms with Crippen molar-refractivity contribution in [2.45, 2.75) is 24.9 Å². The summed E-state index contributed by atoms with van der Waals surface area (Å²) in [5, 5.41) is 0. The van der Waals surface area contributed by atoms with Gasteiger partial charge in [0.05, 0.1) is 17.8 Å². The highest BCUT2D eigenvalue weighted by molar-refractivity contribution is 5.50. The summed E-state index contributed by atoms with van der Waals surface area (Å²) in [5.41, 5.74) is 1.01. The maximum atomic E-state index is 13.3. The Labute approximate surface area is 143 Å². The zero-order chi connectivity index (χ0) is 16.3. The second kappa shape index (κ2) is 3.11. The van der Waals surface area contributed by atoms with Gasteiger partial charge in [0.15, 0.2) is 0 Å². The molecule has 9 rings (SSSR count). The number of hydrogen-bond acceptors (Lipinski definition) is 2. The normalized spacial score (nSPS) is 50.6. The molecule has 1 aromatic heterocycles. The predicted octanol–water partition coefficient (Wildman–Crippen LogP) is 1.74. The first kappa shape index (κ1) is 12.1. The molecule has 4 saturated carbocycles. The van der Waals surface area contributed by atoms with Crippen LogP contribution in [-0.2, 0) is 0 Å². The lowest BCUT2D eigenvalue weighted by atomic mass is 9.04. The molecule has 4 fully saturated rings. The molecular formula is C20H17N3O2. The molecule has 0 amide bonds. The van der Waals surface area contributed by atoms with Gasteiger partial charge in [0, 0.05) is 10.8 Å². The Kier molecular flexibility index (Phi) is 1.51. The van der Waals surface area contributed by atoms with E-state index in [1.807, 2.05) is 39.7 Å². The molecule has 2 bridgehead atoms. The van der Waals surface area contributed by atoms with Gasteiger partial charge in [0.25, 0.3) is 0 Å². The minimum absolute atomic E-state index is 0.129. The summed E-state index contributed by atoms with van der Waals surface area (Å²) >= 11 is 0. The zero-order valence-electron chi connectivity index (χ0n) is 13.6. The summed E-state index contributed by atoms with van der Waals surface area (Å²) in [5.74, 6) is 2.98. The van der Waals surface area contributed by atoms with Crippen molar-refractivity contribution in [1.82, 2.24) is 13.9 Å². The second-order valence-electron chi connectivity index (χ2n) is 8.98. The molecule has 25 heavy (non-hydrogen) atoms. The molecule has 2 aliphatic heterocycles. The van der Waals surface area contributed by atoms with E-state index in [4.69, 9.17) is 0 Å². The summed E-state index contributed by atoms with van der Waals surface area (Å²) in [6.45, 7) is 0. The Morgan fingerprint density at radius 3 is 1.84 bits per heavy atom. The maximum absolute atomic E-state index is 13.3. The molecular weight excluding hydrogens is 314 g/mol. The number of benzene rings is 1. The van der Waals surface area contributed by atoms with Crippen molar-refractivity contribution in [2.75, 3.05) is 0 Å². The van der Waals surface area contributed by atoms with E-state index in [9.17, 15) is 9.59 Å². The van der Waals surface area contributed by atoms with Gasteiger partial charge in [-0.15, -0.1) is 0 Å². The summed E-state index contributed by atoms with van der Waals surface area (Å²) in [7, 11) is 0. The molecule has 8 atom stereocenters. The van der Waals surface area contributed by atoms with E-state index in [-0.39, 0.29) is 34.3 Å². The Morgan fingerprint density at radius 1 is 0.800 bits per heavy atom. The Bertz CT molecular complexity index is 1080. The first-order valence-electron chi connectivity index (χ1n) is 9.42. The molecule has 2 spiro atoms. The van der Waals surface area contributed by atoms with Crippen molar-refractivity contribution in [3.63, 3.8) is 0 Å². The van der Waals surface area contributed by atoms with Gasteiger partial charge in [-0.25, -0.2) is 23.5 Å². The number of allylic oxidation sites excluding steroid dienone is 2.